The van der Waals surface area contributed by atoms with Crippen LogP contribution in [0.3, 0.4) is 0 Å². The zero-order valence-corrected chi connectivity index (χ0v) is 22.3. The first-order valence-corrected chi connectivity index (χ1v) is 12.9. The number of carbonyl (C=O) groups is 2. The molecule has 0 amide bonds. The van der Waals surface area contributed by atoms with E-state index < -0.39 is 11.9 Å². The van der Waals surface area contributed by atoms with E-state index in [1.807, 2.05) is 17.8 Å². The fourth-order valence-electron chi connectivity index (χ4n) is 3.79. The van der Waals surface area contributed by atoms with E-state index in [0.29, 0.717) is 28.9 Å². The van der Waals surface area contributed by atoms with E-state index in [4.69, 9.17) is 24.4 Å². The number of hydrogen-bond donors (Lipinski definition) is 2. The number of carboxylic acids is 2. The van der Waals surface area contributed by atoms with Crippen molar-refractivity contribution in [1.82, 2.24) is 4.90 Å². The fourth-order valence-corrected chi connectivity index (χ4v) is 4.97. The Bertz CT molecular complexity index is 1030. The third-order valence-electron chi connectivity index (χ3n) is 5.64. The number of ether oxygens (including phenoxy) is 3. The minimum absolute atomic E-state index is 0.558. The molecule has 0 aromatic heterocycles. The van der Waals surface area contributed by atoms with Crippen molar-refractivity contribution >= 4 is 29.8 Å². The Kier molecular flexibility index (Phi) is 13.2. The maximum absolute atomic E-state index is 9.55. The quantitative estimate of drug-likeness (QED) is 0.396. The lowest BCUT2D eigenvalue weighted by Crippen LogP contribution is -2.34. The molecule has 1 aliphatic rings. The summed E-state index contributed by atoms with van der Waals surface area (Å²) in [6.07, 6.45) is 8.05. The molecule has 37 heavy (non-hydrogen) atoms. The molecule has 3 rings (SSSR count). The number of nitrogens with zero attached hydrogens (tertiary/aromatic N) is 1. The minimum Gasteiger partial charge on any atom is -0.493 e. The minimum atomic E-state index is -1.26. The van der Waals surface area contributed by atoms with Gasteiger partial charge in [-0.1, -0.05) is 48.6 Å². The van der Waals surface area contributed by atoms with Gasteiger partial charge in [-0.3, -0.25) is 4.90 Å². The smallest absolute Gasteiger partial charge is 0.328 e. The number of benzene rings is 2. The summed E-state index contributed by atoms with van der Waals surface area (Å²) < 4.78 is 16.5. The van der Waals surface area contributed by atoms with Crippen LogP contribution in [0.15, 0.2) is 60.7 Å². The molecule has 1 aliphatic heterocycles. The van der Waals surface area contributed by atoms with Gasteiger partial charge in [0.05, 0.1) is 21.3 Å². The number of thioether (sulfide) groups is 1. The molecule has 1 heterocycles. The summed E-state index contributed by atoms with van der Waals surface area (Å²) in [6.45, 7) is 3.33. The van der Waals surface area contributed by atoms with Gasteiger partial charge in [0.2, 0.25) is 5.75 Å². The lowest BCUT2D eigenvalue weighted by atomic mass is 10.1. The summed E-state index contributed by atoms with van der Waals surface area (Å²) in [5.74, 6) is 0.563. The molecule has 0 spiro atoms. The molecular formula is C28H35NO7S. The highest BCUT2D eigenvalue weighted by molar-refractivity contribution is 7.99. The zero-order valence-electron chi connectivity index (χ0n) is 21.5. The molecule has 2 N–H and O–H groups in total. The van der Waals surface area contributed by atoms with Crippen LogP contribution in [0, 0.1) is 0 Å². The molecule has 0 radical (unpaired) electrons. The largest absolute Gasteiger partial charge is 0.493 e. The number of piperidine rings is 1. The normalized spacial score (nSPS) is 14.2. The molecule has 9 heteroatoms. The second kappa shape index (κ2) is 16.3. The summed E-state index contributed by atoms with van der Waals surface area (Å²) >= 11 is 2.01. The highest BCUT2D eigenvalue weighted by Gasteiger charge is 2.21. The maximum Gasteiger partial charge on any atom is 0.328 e. The van der Waals surface area contributed by atoms with Gasteiger partial charge in [0, 0.05) is 35.3 Å². The van der Waals surface area contributed by atoms with Gasteiger partial charge in [0.1, 0.15) is 0 Å². The molecule has 8 nitrogen and oxygen atoms in total. The van der Waals surface area contributed by atoms with Crippen LogP contribution in [0.1, 0.15) is 24.0 Å². The van der Waals surface area contributed by atoms with Crippen molar-refractivity contribution in [3.05, 3.63) is 71.8 Å². The molecule has 0 aliphatic carbocycles. The van der Waals surface area contributed by atoms with E-state index in [1.54, 1.807) is 21.3 Å². The second-order valence-electron chi connectivity index (χ2n) is 8.13. The summed E-state index contributed by atoms with van der Waals surface area (Å²) in [7, 11) is 4.99. The third-order valence-corrected chi connectivity index (χ3v) is 7.06. The summed E-state index contributed by atoms with van der Waals surface area (Å²) in [5, 5.41) is 16.3. The molecule has 0 unspecified atom stereocenters. The first-order chi connectivity index (χ1) is 17.9. The van der Waals surface area contributed by atoms with Gasteiger partial charge in [-0.05, 0) is 37.6 Å². The summed E-state index contributed by atoms with van der Waals surface area (Å²) in [6, 6.07) is 14.5. The number of likely N-dealkylation sites (tertiary alicyclic amines) is 1. The monoisotopic (exact) mass is 529 g/mol. The van der Waals surface area contributed by atoms with Crippen LogP contribution in [0.2, 0.25) is 0 Å². The van der Waals surface area contributed by atoms with Gasteiger partial charge >= 0.3 is 11.9 Å². The Morgan fingerprint density at radius 3 is 2.08 bits per heavy atom. The molecule has 1 saturated heterocycles. The van der Waals surface area contributed by atoms with Gasteiger partial charge < -0.3 is 24.4 Å². The van der Waals surface area contributed by atoms with Crippen LogP contribution in [-0.4, -0.2) is 73.3 Å². The fraction of sp³-hybridized carbons (Fsp3) is 0.357. The topological polar surface area (TPSA) is 106 Å². The van der Waals surface area contributed by atoms with E-state index in [0.717, 1.165) is 36.7 Å². The average molecular weight is 530 g/mol. The molecule has 0 atom stereocenters. The van der Waals surface area contributed by atoms with Crippen molar-refractivity contribution in [2.24, 2.45) is 0 Å². The Hall–Kier alpha value is -3.43. The van der Waals surface area contributed by atoms with Crippen molar-refractivity contribution in [3.63, 3.8) is 0 Å². The van der Waals surface area contributed by atoms with Crippen molar-refractivity contribution in [2.75, 3.05) is 41.0 Å². The number of rotatable bonds is 11. The van der Waals surface area contributed by atoms with Crippen LogP contribution in [0.5, 0.6) is 17.2 Å². The van der Waals surface area contributed by atoms with E-state index in [9.17, 15) is 9.59 Å². The Morgan fingerprint density at radius 2 is 1.54 bits per heavy atom. The molecule has 2 aromatic rings. The van der Waals surface area contributed by atoms with Crippen LogP contribution >= 0.6 is 11.8 Å². The van der Waals surface area contributed by atoms with Gasteiger partial charge in [0.15, 0.2) is 11.5 Å². The standard InChI is InChI=1S/C24H31NO3S.C4H4O4/c1-26-22-12-11-20(23(27-2)24(22)28-3)18-29-21-13-16-25(17-14-21)15-7-10-19-8-5-4-6-9-19;5-3(6)1-2-4(7)8/h4-12,21H,13-18H2,1-3H3;1-2H,(H,5,6)(H,7,8)/b10-7+;2-1+. The first kappa shape index (κ1) is 29.8. The van der Waals surface area contributed by atoms with E-state index >= 15 is 0 Å². The van der Waals surface area contributed by atoms with Crippen molar-refractivity contribution < 1.29 is 34.0 Å². The highest BCUT2D eigenvalue weighted by atomic mass is 32.2. The molecule has 0 saturated carbocycles. The average Bonchev–Trinajstić information content (AvgIpc) is 2.91. The number of aliphatic carboxylic acids is 2. The van der Waals surface area contributed by atoms with Gasteiger partial charge in [0.25, 0.3) is 0 Å². The van der Waals surface area contributed by atoms with E-state index in [2.05, 4.69) is 53.5 Å². The number of hydrogen-bond acceptors (Lipinski definition) is 7. The SMILES string of the molecule is COc1ccc(CSC2CCN(C/C=C/c3ccccc3)CC2)c(OC)c1OC.O=C(O)/C=C/C(=O)O. The van der Waals surface area contributed by atoms with Crippen LogP contribution in [0.25, 0.3) is 6.08 Å². The van der Waals surface area contributed by atoms with E-state index in [1.165, 1.54) is 18.4 Å². The molecule has 200 valence electrons. The lowest BCUT2D eigenvalue weighted by Gasteiger charge is -2.31. The van der Waals surface area contributed by atoms with Crippen LogP contribution in [0.4, 0.5) is 0 Å². The summed E-state index contributed by atoms with van der Waals surface area (Å²) in [5.41, 5.74) is 2.42. The van der Waals surface area contributed by atoms with E-state index in [-0.39, 0.29) is 0 Å². The van der Waals surface area contributed by atoms with Crippen molar-refractivity contribution in [2.45, 2.75) is 23.8 Å². The highest BCUT2D eigenvalue weighted by Crippen LogP contribution is 2.41. The predicted octanol–water partition coefficient (Wildman–Crippen LogP) is 4.84. The molecular weight excluding hydrogens is 494 g/mol. The third kappa shape index (κ3) is 10.6. The van der Waals surface area contributed by atoms with Gasteiger partial charge in [-0.25, -0.2) is 9.59 Å². The van der Waals surface area contributed by atoms with Gasteiger partial charge in [-0.2, -0.15) is 11.8 Å². The Morgan fingerprint density at radius 1 is 0.919 bits per heavy atom. The Labute approximate surface area is 222 Å². The van der Waals surface area contributed by atoms with Crippen molar-refractivity contribution in [1.29, 1.82) is 0 Å². The number of carboxylic acid groups (broad SMARTS) is 2. The molecule has 0 bridgehead atoms. The first-order valence-electron chi connectivity index (χ1n) is 11.8. The van der Waals surface area contributed by atoms with Crippen molar-refractivity contribution in [3.8, 4) is 17.2 Å². The Balaban J connectivity index is 0.000000521. The predicted molar refractivity (Wildman–Crippen MR) is 147 cm³/mol. The van der Waals surface area contributed by atoms with Crippen LogP contribution in [-0.2, 0) is 15.3 Å². The van der Waals surface area contributed by atoms with Gasteiger partial charge in [-0.15, -0.1) is 0 Å². The molecule has 1 fully saturated rings. The van der Waals surface area contributed by atoms with Crippen LogP contribution < -0.4 is 14.2 Å². The summed E-state index contributed by atoms with van der Waals surface area (Å²) in [4.78, 5) is 21.6. The molecule has 2 aromatic carbocycles. The zero-order chi connectivity index (χ0) is 27.0. The second-order valence-corrected chi connectivity index (χ2v) is 9.42. The lowest BCUT2D eigenvalue weighted by molar-refractivity contribution is -0.134. The maximum atomic E-state index is 9.55. The number of methoxy groups -OCH3 is 3.